The molecule has 4 nitrogen and oxygen atoms in total. The Morgan fingerprint density at radius 1 is 1.27 bits per heavy atom. The fraction of sp³-hybridized carbons (Fsp3) is 0.533. The van der Waals surface area contributed by atoms with Crippen molar-refractivity contribution >= 4 is 11.6 Å². The number of benzene rings is 1. The number of carbonyl (C=O) groups excluding carboxylic acids is 1. The fourth-order valence-electron chi connectivity index (χ4n) is 2.24. The number of nitrogens with one attached hydrogen (secondary N) is 2. The summed E-state index contributed by atoms with van der Waals surface area (Å²) in [6.07, 6.45) is -1.79. The molecule has 0 bridgehead atoms. The van der Waals surface area contributed by atoms with E-state index in [1.54, 1.807) is 0 Å². The zero-order valence-electron chi connectivity index (χ0n) is 12.1. The van der Waals surface area contributed by atoms with Crippen molar-refractivity contribution in [3.05, 3.63) is 29.8 Å². The molecule has 0 aliphatic carbocycles. The molecule has 1 aromatic rings. The second-order valence-electron chi connectivity index (χ2n) is 5.21. The highest BCUT2D eigenvalue weighted by molar-refractivity contribution is 5.90. The van der Waals surface area contributed by atoms with Crippen molar-refractivity contribution in [1.29, 1.82) is 0 Å². The summed E-state index contributed by atoms with van der Waals surface area (Å²) >= 11 is 0. The molecule has 0 saturated carbocycles. The molecule has 22 heavy (non-hydrogen) atoms. The van der Waals surface area contributed by atoms with Gasteiger partial charge in [-0.2, -0.15) is 13.2 Å². The Morgan fingerprint density at radius 3 is 2.59 bits per heavy atom. The Hall–Kier alpha value is -1.60. The van der Waals surface area contributed by atoms with E-state index in [1.165, 1.54) is 12.1 Å². The third kappa shape index (κ3) is 5.31. The van der Waals surface area contributed by atoms with Crippen molar-refractivity contribution in [2.75, 3.05) is 25.0 Å². The first-order valence-corrected chi connectivity index (χ1v) is 7.24. The van der Waals surface area contributed by atoms with Gasteiger partial charge in [0.1, 0.15) is 0 Å². The van der Waals surface area contributed by atoms with E-state index in [0.717, 1.165) is 31.6 Å². The van der Waals surface area contributed by atoms with Gasteiger partial charge in [-0.05, 0) is 37.1 Å². The lowest BCUT2D eigenvalue weighted by Gasteiger charge is -2.11. The first-order chi connectivity index (χ1) is 10.4. The third-order valence-corrected chi connectivity index (χ3v) is 3.42. The molecule has 1 aliphatic rings. The molecular formula is C15H19F3N2O2. The molecule has 122 valence electrons. The quantitative estimate of drug-likeness (QED) is 0.794. The van der Waals surface area contributed by atoms with Gasteiger partial charge in [-0.3, -0.25) is 4.79 Å². The number of anilines is 1. The standard InChI is InChI=1S/C15H19F3N2O2/c16-15(17,18)11-3-5-12(6-4-11)20-14(21)7-8-19-10-13-2-1-9-22-13/h3-6,13,19H,1-2,7-10H2,(H,20,21). The van der Waals surface area contributed by atoms with Crippen molar-refractivity contribution in [2.24, 2.45) is 0 Å². The lowest BCUT2D eigenvalue weighted by Crippen LogP contribution is -2.29. The largest absolute Gasteiger partial charge is 0.416 e. The second kappa shape index (κ2) is 7.60. The Bertz CT molecular complexity index is 483. The molecule has 7 heteroatoms. The van der Waals surface area contributed by atoms with Crippen molar-refractivity contribution in [2.45, 2.75) is 31.5 Å². The number of halogens is 3. The molecule has 1 heterocycles. The second-order valence-corrected chi connectivity index (χ2v) is 5.21. The van der Waals surface area contributed by atoms with E-state index < -0.39 is 11.7 Å². The number of hydrogen-bond acceptors (Lipinski definition) is 3. The predicted molar refractivity (Wildman–Crippen MR) is 76.5 cm³/mol. The highest BCUT2D eigenvalue weighted by atomic mass is 19.4. The molecule has 0 aromatic heterocycles. The van der Waals surface area contributed by atoms with Gasteiger partial charge in [0.25, 0.3) is 0 Å². The lowest BCUT2D eigenvalue weighted by molar-refractivity contribution is -0.137. The molecular weight excluding hydrogens is 297 g/mol. The average Bonchev–Trinajstić information content (AvgIpc) is 2.96. The molecule has 2 N–H and O–H groups in total. The predicted octanol–water partition coefficient (Wildman–Crippen LogP) is 2.80. The topological polar surface area (TPSA) is 50.4 Å². The van der Waals surface area contributed by atoms with Crippen LogP contribution in [0.3, 0.4) is 0 Å². The summed E-state index contributed by atoms with van der Waals surface area (Å²) in [5, 5.41) is 5.71. The molecule has 1 unspecified atom stereocenters. The van der Waals surface area contributed by atoms with Gasteiger partial charge in [0.05, 0.1) is 11.7 Å². The van der Waals surface area contributed by atoms with Gasteiger partial charge in [0.15, 0.2) is 0 Å². The molecule has 0 radical (unpaired) electrons. The summed E-state index contributed by atoms with van der Waals surface area (Å²) in [6, 6.07) is 4.40. The van der Waals surface area contributed by atoms with Crippen LogP contribution < -0.4 is 10.6 Å². The van der Waals surface area contributed by atoms with E-state index in [-0.39, 0.29) is 18.4 Å². The molecule has 1 amide bonds. The van der Waals surface area contributed by atoms with Gasteiger partial charge in [-0.1, -0.05) is 0 Å². The van der Waals surface area contributed by atoms with Crippen LogP contribution in [0.5, 0.6) is 0 Å². The van der Waals surface area contributed by atoms with Crippen molar-refractivity contribution < 1.29 is 22.7 Å². The Morgan fingerprint density at radius 2 is 2.00 bits per heavy atom. The number of amides is 1. The minimum atomic E-state index is -4.37. The zero-order valence-corrected chi connectivity index (χ0v) is 12.1. The van der Waals surface area contributed by atoms with E-state index in [1.807, 2.05) is 0 Å². The van der Waals surface area contributed by atoms with Gasteiger partial charge < -0.3 is 15.4 Å². The highest BCUT2D eigenvalue weighted by Crippen LogP contribution is 2.29. The Labute approximate surface area is 127 Å². The number of ether oxygens (including phenoxy) is 1. The average molecular weight is 316 g/mol. The number of alkyl halides is 3. The molecule has 1 aromatic carbocycles. The maximum absolute atomic E-state index is 12.4. The van der Waals surface area contributed by atoms with Crippen LogP contribution >= 0.6 is 0 Å². The first-order valence-electron chi connectivity index (χ1n) is 7.24. The fourth-order valence-corrected chi connectivity index (χ4v) is 2.24. The summed E-state index contributed by atoms with van der Waals surface area (Å²) in [7, 11) is 0. The Balaban J connectivity index is 1.68. The van der Waals surface area contributed by atoms with Crippen molar-refractivity contribution in [1.82, 2.24) is 5.32 Å². The van der Waals surface area contributed by atoms with Crippen LogP contribution in [0.25, 0.3) is 0 Å². The zero-order chi connectivity index (χ0) is 16.0. The monoisotopic (exact) mass is 316 g/mol. The minimum absolute atomic E-state index is 0.220. The van der Waals surface area contributed by atoms with Crippen molar-refractivity contribution in [3.63, 3.8) is 0 Å². The molecule has 1 fully saturated rings. The van der Waals surface area contributed by atoms with E-state index in [9.17, 15) is 18.0 Å². The molecule has 1 saturated heterocycles. The molecule has 1 aliphatic heterocycles. The summed E-state index contributed by atoms with van der Waals surface area (Å²) in [4.78, 5) is 11.7. The maximum Gasteiger partial charge on any atom is 0.416 e. The molecule has 2 rings (SSSR count). The number of hydrogen-bond donors (Lipinski definition) is 2. The SMILES string of the molecule is O=C(CCNCC1CCCO1)Nc1ccc(C(F)(F)F)cc1. The van der Waals surface area contributed by atoms with Gasteiger partial charge in [-0.15, -0.1) is 0 Å². The summed E-state index contributed by atoms with van der Waals surface area (Å²) in [5.41, 5.74) is -0.374. The van der Waals surface area contributed by atoms with Crippen LogP contribution in [-0.2, 0) is 15.7 Å². The van der Waals surface area contributed by atoms with E-state index in [2.05, 4.69) is 10.6 Å². The number of rotatable bonds is 6. The van der Waals surface area contributed by atoms with Crippen LogP contribution in [0.2, 0.25) is 0 Å². The normalized spacial score (nSPS) is 18.4. The minimum Gasteiger partial charge on any atom is -0.377 e. The van der Waals surface area contributed by atoms with Gasteiger partial charge in [0.2, 0.25) is 5.91 Å². The first kappa shape index (κ1) is 16.8. The van der Waals surface area contributed by atoms with E-state index >= 15 is 0 Å². The van der Waals surface area contributed by atoms with Crippen LogP contribution in [0.4, 0.5) is 18.9 Å². The summed E-state index contributed by atoms with van der Waals surface area (Å²) in [6.45, 7) is 2.01. The molecule has 1 atom stereocenters. The van der Waals surface area contributed by atoms with Gasteiger partial charge >= 0.3 is 6.18 Å². The number of carbonyl (C=O) groups is 1. The van der Waals surface area contributed by atoms with Crippen LogP contribution in [0.1, 0.15) is 24.8 Å². The lowest BCUT2D eigenvalue weighted by atomic mass is 10.2. The van der Waals surface area contributed by atoms with Crippen LogP contribution in [0.15, 0.2) is 24.3 Å². The summed E-state index contributed by atoms with van der Waals surface area (Å²) in [5.74, 6) is -0.236. The molecule has 0 spiro atoms. The smallest absolute Gasteiger partial charge is 0.377 e. The van der Waals surface area contributed by atoms with E-state index in [0.29, 0.717) is 18.8 Å². The van der Waals surface area contributed by atoms with Gasteiger partial charge in [0, 0.05) is 31.8 Å². The highest BCUT2D eigenvalue weighted by Gasteiger charge is 2.29. The maximum atomic E-state index is 12.4. The van der Waals surface area contributed by atoms with Crippen molar-refractivity contribution in [3.8, 4) is 0 Å². The Kier molecular flexibility index (Phi) is 5.79. The van der Waals surface area contributed by atoms with Crippen LogP contribution in [0, 0.1) is 0 Å². The third-order valence-electron chi connectivity index (χ3n) is 3.42. The van der Waals surface area contributed by atoms with Gasteiger partial charge in [-0.25, -0.2) is 0 Å². The summed E-state index contributed by atoms with van der Waals surface area (Å²) < 4.78 is 42.7. The van der Waals surface area contributed by atoms with E-state index in [4.69, 9.17) is 4.74 Å². The van der Waals surface area contributed by atoms with Crippen LogP contribution in [-0.4, -0.2) is 31.7 Å².